The molecule has 0 saturated heterocycles. The number of alkyl carbamates (subject to hydrolysis) is 1. The number of benzene rings is 1. The van der Waals surface area contributed by atoms with E-state index in [4.69, 9.17) is 5.73 Å². The number of amides is 2. The first-order chi connectivity index (χ1) is 17.8. The van der Waals surface area contributed by atoms with Gasteiger partial charge in [0.1, 0.15) is 35.3 Å². The molecule has 188 valence electrons. The number of halogens is 2. The Balaban J connectivity index is 1.66. The molecule has 12 nitrogen and oxygen atoms in total. The highest BCUT2D eigenvalue weighted by Gasteiger charge is 2.51. The Morgan fingerprint density at radius 2 is 2.08 bits per heavy atom. The molecule has 5 rings (SSSR count). The van der Waals surface area contributed by atoms with Crippen molar-refractivity contribution < 1.29 is 27.9 Å². The minimum Gasteiger partial charge on any atom is -0.453 e. The third-order valence-corrected chi connectivity index (χ3v) is 5.92. The van der Waals surface area contributed by atoms with Crippen LogP contribution in [0.3, 0.4) is 0 Å². The second-order valence-electron chi connectivity index (χ2n) is 8.13. The first-order valence-electron chi connectivity index (χ1n) is 10.8. The summed E-state index contributed by atoms with van der Waals surface area (Å²) in [6.45, 7) is -0.0234. The molecule has 14 heteroatoms. The number of nitrogens with one attached hydrogen (secondary N) is 2. The Labute approximate surface area is 206 Å². The number of nitrogen functional groups attached to an aromatic ring is 1. The van der Waals surface area contributed by atoms with E-state index in [1.165, 1.54) is 16.8 Å². The fourth-order valence-electron chi connectivity index (χ4n) is 4.24. The molecule has 4 heterocycles. The molecular weight excluding hydrogens is 490 g/mol. The molecule has 0 spiro atoms. The zero-order chi connectivity index (χ0) is 26.3. The summed E-state index contributed by atoms with van der Waals surface area (Å²) in [5, 5.41) is 9.49. The summed E-state index contributed by atoms with van der Waals surface area (Å²) in [6.07, 6.45) is -0.0171. The van der Waals surface area contributed by atoms with Crippen molar-refractivity contribution in [3.63, 3.8) is 0 Å². The van der Waals surface area contributed by atoms with Crippen LogP contribution in [0.1, 0.15) is 17.5 Å². The number of ether oxygens (including phenoxy) is 1. The van der Waals surface area contributed by atoms with E-state index in [1.807, 2.05) is 0 Å². The van der Waals surface area contributed by atoms with Gasteiger partial charge in [-0.3, -0.25) is 4.79 Å². The van der Waals surface area contributed by atoms with Gasteiger partial charge in [-0.15, -0.1) is 0 Å². The van der Waals surface area contributed by atoms with E-state index in [-0.39, 0.29) is 46.3 Å². The predicted octanol–water partition coefficient (Wildman–Crippen LogP) is 1.89. The number of aromatic nitrogens is 5. The van der Waals surface area contributed by atoms with Crippen LogP contribution in [-0.2, 0) is 26.4 Å². The number of rotatable bonds is 6. The number of fused-ring (bicyclic) bond motifs is 2. The molecule has 0 saturated carbocycles. The second kappa shape index (κ2) is 8.89. The Morgan fingerprint density at radius 1 is 1.30 bits per heavy atom. The van der Waals surface area contributed by atoms with E-state index in [9.17, 15) is 23.2 Å². The molecule has 0 fully saturated rings. The van der Waals surface area contributed by atoms with Crippen molar-refractivity contribution in [3.8, 4) is 11.5 Å². The van der Waals surface area contributed by atoms with Gasteiger partial charge >= 0.3 is 6.09 Å². The van der Waals surface area contributed by atoms with Gasteiger partial charge in [-0.05, 0) is 12.1 Å². The number of nitrogens with zero attached hydrogens (tertiary/aromatic N) is 5. The van der Waals surface area contributed by atoms with Crippen LogP contribution in [0.4, 0.5) is 25.2 Å². The average Bonchev–Trinajstić information content (AvgIpc) is 3.35. The van der Waals surface area contributed by atoms with Crippen molar-refractivity contribution in [2.75, 3.05) is 18.2 Å². The number of carbonyl (C=O) groups is 3. The van der Waals surface area contributed by atoms with E-state index in [2.05, 4.69) is 35.4 Å². The van der Waals surface area contributed by atoms with Crippen molar-refractivity contribution in [2.45, 2.75) is 18.5 Å². The summed E-state index contributed by atoms with van der Waals surface area (Å²) < 4.78 is 34.4. The van der Waals surface area contributed by atoms with E-state index >= 15 is 0 Å². The van der Waals surface area contributed by atoms with Gasteiger partial charge in [0.05, 0.1) is 30.8 Å². The molecule has 0 aliphatic carbocycles. The highest BCUT2D eigenvalue weighted by atomic mass is 19.1. The van der Waals surface area contributed by atoms with Crippen LogP contribution in [0.25, 0.3) is 22.6 Å². The number of carbonyl (C=O) groups excluding carboxylic acids is 3. The van der Waals surface area contributed by atoms with Crippen molar-refractivity contribution in [3.05, 3.63) is 59.3 Å². The van der Waals surface area contributed by atoms with Gasteiger partial charge in [0.15, 0.2) is 17.0 Å². The van der Waals surface area contributed by atoms with E-state index in [0.717, 1.165) is 13.3 Å². The van der Waals surface area contributed by atoms with Gasteiger partial charge in [0.25, 0.3) is 5.91 Å². The normalized spacial score (nSPS) is 16.4. The highest BCUT2D eigenvalue weighted by Crippen LogP contribution is 2.41. The Morgan fingerprint density at radius 3 is 2.81 bits per heavy atom. The van der Waals surface area contributed by atoms with Gasteiger partial charge in [-0.25, -0.2) is 33.2 Å². The van der Waals surface area contributed by atoms with Crippen molar-refractivity contribution in [2.24, 2.45) is 0 Å². The molecular formula is C23H18F2N8O4. The van der Waals surface area contributed by atoms with E-state index in [0.29, 0.717) is 11.8 Å². The van der Waals surface area contributed by atoms with Gasteiger partial charge in [0.2, 0.25) is 0 Å². The molecule has 1 atom stereocenters. The fraction of sp³-hybridized carbons (Fsp3) is 0.174. The Kier molecular flexibility index (Phi) is 5.70. The van der Waals surface area contributed by atoms with Crippen LogP contribution in [0.5, 0.6) is 0 Å². The van der Waals surface area contributed by atoms with Gasteiger partial charge in [-0.2, -0.15) is 5.10 Å². The molecule has 4 N–H and O–H groups in total. The summed E-state index contributed by atoms with van der Waals surface area (Å²) in [5.41, 5.74) is 4.88. The average molecular weight is 508 g/mol. The van der Waals surface area contributed by atoms with E-state index < -0.39 is 35.6 Å². The van der Waals surface area contributed by atoms with E-state index in [1.54, 1.807) is 18.2 Å². The molecule has 1 aromatic carbocycles. The van der Waals surface area contributed by atoms with Crippen molar-refractivity contribution in [1.82, 2.24) is 30.0 Å². The van der Waals surface area contributed by atoms with Crippen LogP contribution >= 0.6 is 0 Å². The van der Waals surface area contributed by atoms with Crippen LogP contribution in [0, 0.1) is 11.6 Å². The predicted molar refractivity (Wildman–Crippen MR) is 125 cm³/mol. The number of hydrogen-bond donors (Lipinski definition) is 3. The zero-order valence-electron chi connectivity index (χ0n) is 19.2. The van der Waals surface area contributed by atoms with Crippen LogP contribution in [-0.4, -0.2) is 50.1 Å². The third kappa shape index (κ3) is 3.87. The topological polar surface area (TPSA) is 167 Å². The van der Waals surface area contributed by atoms with Crippen molar-refractivity contribution in [1.29, 1.82) is 0 Å². The summed E-state index contributed by atoms with van der Waals surface area (Å²) in [5.74, 6) is -2.30. The summed E-state index contributed by atoms with van der Waals surface area (Å²) in [4.78, 5) is 49.0. The molecule has 37 heavy (non-hydrogen) atoms. The summed E-state index contributed by atoms with van der Waals surface area (Å²) in [6, 6.07) is 7.26. The number of aldehydes is 1. The second-order valence-corrected chi connectivity index (χ2v) is 8.13. The third-order valence-electron chi connectivity index (χ3n) is 5.92. The fourth-order valence-corrected chi connectivity index (χ4v) is 4.24. The molecule has 1 aliphatic rings. The van der Waals surface area contributed by atoms with Gasteiger partial charge in [0, 0.05) is 12.0 Å². The number of nitrogens with two attached hydrogens (primary N) is 1. The maximum atomic E-state index is 14.3. The van der Waals surface area contributed by atoms with Crippen LogP contribution in [0.2, 0.25) is 0 Å². The minimum absolute atomic E-state index is 0.0234. The summed E-state index contributed by atoms with van der Waals surface area (Å²) in [7, 11) is 1.09. The lowest BCUT2D eigenvalue weighted by atomic mass is 9.89. The number of hydrogen-bond acceptors (Lipinski definition) is 9. The molecule has 2 amide bonds. The number of pyridine rings is 1. The first-order valence-corrected chi connectivity index (χ1v) is 10.8. The lowest BCUT2D eigenvalue weighted by Gasteiger charge is -2.26. The number of anilines is 2. The SMILES string of the molecule is COC(=O)NC1(CC=O)C(=O)Nc2nc(-c3nn(Cc4ccccc4F)c4ncc(F)cc34)nc(N)c21. The lowest BCUT2D eigenvalue weighted by molar-refractivity contribution is -0.124. The Hall–Kier alpha value is -5.01. The minimum atomic E-state index is -1.90. The van der Waals surface area contributed by atoms with Gasteiger partial charge < -0.3 is 25.9 Å². The molecule has 4 aromatic rings. The maximum Gasteiger partial charge on any atom is 0.408 e. The molecule has 0 bridgehead atoms. The zero-order valence-corrected chi connectivity index (χ0v) is 19.2. The van der Waals surface area contributed by atoms with Gasteiger partial charge in [-0.1, -0.05) is 18.2 Å². The number of methoxy groups -OCH3 is 1. The molecule has 3 aromatic heterocycles. The quantitative estimate of drug-likeness (QED) is 0.330. The van der Waals surface area contributed by atoms with Crippen LogP contribution in [0.15, 0.2) is 36.5 Å². The maximum absolute atomic E-state index is 14.3. The smallest absolute Gasteiger partial charge is 0.408 e. The van der Waals surface area contributed by atoms with Crippen LogP contribution < -0.4 is 16.4 Å². The Bertz CT molecular complexity index is 1590. The first kappa shape index (κ1) is 23.7. The monoisotopic (exact) mass is 508 g/mol. The lowest BCUT2D eigenvalue weighted by Crippen LogP contribution is -2.51. The standard InChI is InChI=1S/C23H18F2N8O4/c1-37-22(36)31-23(6-7-34)15-17(26)28-19(29-18(15)30-21(23)35)16-13-8-12(24)9-27-20(13)33(32-16)10-11-4-2-3-5-14(11)25/h2-5,7-9H,6,10H2,1H3,(H,31,36)(H3,26,28,29,30,35). The van der Waals surface area contributed by atoms with Crippen molar-refractivity contribution >= 4 is 41.0 Å². The molecule has 1 aliphatic heterocycles. The highest BCUT2D eigenvalue weighted by molar-refractivity contribution is 6.09. The molecule has 1 unspecified atom stereocenters. The largest absolute Gasteiger partial charge is 0.453 e. The molecule has 0 radical (unpaired) electrons. The summed E-state index contributed by atoms with van der Waals surface area (Å²) >= 11 is 0.